The second-order valence-electron chi connectivity index (χ2n) is 7.81. The Labute approximate surface area is 180 Å². The number of carbonyl (C=O) groups excluding carboxylic acids is 1. The lowest BCUT2D eigenvalue weighted by atomic mass is 9.92. The molecule has 3 aromatic rings. The van der Waals surface area contributed by atoms with Gasteiger partial charge < -0.3 is 15.6 Å². The van der Waals surface area contributed by atoms with Crippen molar-refractivity contribution in [2.45, 2.75) is 51.6 Å². The fourth-order valence-electron chi connectivity index (χ4n) is 3.76. The zero-order chi connectivity index (χ0) is 21.8. The first-order chi connectivity index (χ1) is 15.1. The Morgan fingerprint density at radius 1 is 1.32 bits per heavy atom. The van der Waals surface area contributed by atoms with E-state index in [1.54, 1.807) is 36.9 Å². The number of nitrogens with one attached hydrogen (secondary N) is 3. The van der Waals surface area contributed by atoms with E-state index in [-0.39, 0.29) is 23.6 Å². The van der Waals surface area contributed by atoms with E-state index in [0.717, 1.165) is 36.9 Å². The highest BCUT2D eigenvalue weighted by Gasteiger charge is 2.25. The average molecular weight is 419 g/mol. The van der Waals surface area contributed by atoms with Crippen LogP contribution in [-0.2, 0) is 6.42 Å². The standard InChI is InChI=1S/C23H26N6O2/c1-3-14(2)27-23(31)16-11-15(18-7-4-5-10-25-18)22(30)29-21(16)28-20-9-6-8-19-17(20)12-24-13-26-19/h4-5,7,10-14,20H,3,6,8-9H2,1-2H3,(H,27,31)(H2,28,29,30). The number of aromatic nitrogens is 4. The Hall–Kier alpha value is -3.55. The second-order valence-corrected chi connectivity index (χ2v) is 7.81. The monoisotopic (exact) mass is 418 g/mol. The lowest BCUT2D eigenvalue weighted by Crippen LogP contribution is -2.34. The number of anilines is 1. The molecular formula is C23H26N6O2. The van der Waals surface area contributed by atoms with E-state index in [1.807, 2.05) is 19.9 Å². The van der Waals surface area contributed by atoms with E-state index in [9.17, 15) is 9.59 Å². The molecule has 0 spiro atoms. The van der Waals surface area contributed by atoms with Crippen LogP contribution >= 0.6 is 0 Å². The van der Waals surface area contributed by atoms with Crippen molar-refractivity contribution in [2.24, 2.45) is 0 Å². The van der Waals surface area contributed by atoms with Crippen LogP contribution in [0.2, 0.25) is 0 Å². The number of rotatable bonds is 6. The third kappa shape index (κ3) is 4.47. The predicted octanol–water partition coefficient (Wildman–Crippen LogP) is 3.24. The molecule has 4 rings (SSSR count). The van der Waals surface area contributed by atoms with Gasteiger partial charge in [0.25, 0.3) is 11.5 Å². The van der Waals surface area contributed by atoms with Gasteiger partial charge in [-0.3, -0.25) is 14.6 Å². The van der Waals surface area contributed by atoms with Crippen molar-refractivity contribution in [1.29, 1.82) is 0 Å². The van der Waals surface area contributed by atoms with E-state index in [4.69, 9.17) is 0 Å². The predicted molar refractivity (Wildman–Crippen MR) is 119 cm³/mol. The van der Waals surface area contributed by atoms with Gasteiger partial charge in [-0.1, -0.05) is 13.0 Å². The zero-order valence-electron chi connectivity index (χ0n) is 17.7. The molecule has 0 aromatic carbocycles. The molecule has 0 bridgehead atoms. The molecule has 0 radical (unpaired) electrons. The first-order valence-corrected chi connectivity index (χ1v) is 10.6. The third-order valence-corrected chi connectivity index (χ3v) is 5.64. The molecule has 160 valence electrons. The SMILES string of the molecule is CCC(C)NC(=O)c1cc(-c2ccccn2)c(=O)[nH]c1NC1CCCc2ncncc21. The summed E-state index contributed by atoms with van der Waals surface area (Å²) in [6, 6.07) is 6.89. The van der Waals surface area contributed by atoms with Gasteiger partial charge in [0, 0.05) is 29.7 Å². The fraction of sp³-hybridized carbons (Fsp3) is 0.348. The Kier molecular flexibility index (Phi) is 6.06. The van der Waals surface area contributed by atoms with E-state index in [1.165, 1.54) is 0 Å². The average Bonchev–Trinajstić information content (AvgIpc) is 2.80. The number of aryl methyl sites for hydroxylation is 1. The van der Waals surface area contributed by atoms with Crippen LogP contribution in [0, 0.1) is 0 Å². The summed E-state index contributed by atoms with van der Waals surface area (Å²) in [5.41, 5.74) is 2.94. The van der Waals surface area contributed by atoms with Gasteiger partial charge in [-0.05, 0) is 50.8 Å². The number of hydrogen-bond acceptors (Lipinski definition) is 6. The van der Waals surface area contributed by atoms with Crippen LogP contribution in [0.4, 0.5) is 5.82 Å². The van der Waals surface area contributed by atoms with Crippen LogP contribution in [-0.4, -0.2) is 31.9 Å². The van der Waals surface area contributed by atoms with Crippen LogP contribution in [0.1, 0.15) is 60.8 Å². The molecule has 3 N–H and O–H groups in total. The van der Waals surface area contributed by atoms with Crippen LogP contribution in [0.3, 0.4) is 0 Å². The van der Waals surface area contributed by atoms with Crippen molar-refractivity contribution in [1.82, 2.24) is 25.3 Å². The van der Waals surface area contributed by atoms with Gasteiger partial charge in [-0.15, -0.1) is 0 Å². The maximum Gasteiger partial charge on any atom is 0.258 e. The minimum atomic E-state index is -0.304. The first-order valence-electron chi connectivity index (χ1n) is 10.6. The van der Waals surface area contributed by atoms with Crippen LogP contribution < -0.4 is 16.2 Å². The van der Waals surface area contributed by atoms with E-state index < -0.39 is 0 Å². The largest absolute Gasteiger partial charge is 0.364 e. The molecular weight excluding hydrogens is 392 g/mol. The molecule has 2 atom stereocenters. The third-order valence-electron chi connectivity index (χ3n) is 5.64. The number of hydrogen-bond donors (Lipinski definition) is 3. The normalized spacial score (nSPS) is 16.3. The van der Waals surface area contributed by atoms with Gasteiger partial charge in [-0.25, -0.2) is 9.97 Å². The number of aromatic amines is 1. The molecule has 0 saturated heterocycles. The maximum atomic E-state index is 13.1. The second kappa shape index (κ2) is 9.07. The topological polar surface area (TPSA) is 113 Å². The van der Waals surface area contributed by atoms with Gasteiger partial charge >= 0.3 is 0 Å². The van der Waals surface area contributed by atoms with Crippen molar-refractivity contribution >= 4 is 11.7 Å². The van der Waals surface area contributed by atoms with Crippen molar-refractivity contribution < 1.29 is 4.79 Å². The van der Waals surface area contributed by atoms with E-state index in [2.05, 4.69) is 30.6 Å². The van der Waals surface area contributed by atoms with Gasteiger partial charge in [0.15, 0.2) is 0 Å². The zero-order valence-corrected chi connectivity index (χ0v) is 17.7. The summed E-state index contributed by atoms with van der Waals surface area (Å²) in [6.45, 7) is 3.96. The number of carbonyl (C=O) groups is 1. The Morgan fingerprint density at radius 2 is 2.19 bits per heavy atom. The number of amides is 1. The molecule has 0 aliphatic heterocycles. The summed E-state index contributed by atoms with van der Waals surface area (Å²) in [7, 11) is 0. The number of pyridine rings is 2. The Bertz CT molecular complexity index is 1130. The summed E-state index contributed by atoms with van der Waals surface area (Å²) >= 11 is 0. The highest BCUT2D eigenvalue weighted by atomic mass is 16.2. The summed E-state index contributed by atoms with van der Waals surface area (Å²) in [4.78, 5) is 41.7. The summed E-state index contributed by atoms with van der Waals surface area (Å²) < 4.78 is 0. The molecule has 0 fully saturated rings. The van der Waals surface area contributed by atoms with Gasteiger partial charge in [0.1, 0.15) is 12.1 Å². The fourth-order valence-corrected chi connectivity index (χ4v) is 3.76. The molecule has 1 amide bonds. The van der Waals surface area contributed by atoms with Crippen LogP contribution in [0.15, 0.2) is 47.8 Å². The number of fused-ring (bicyclic) bond motifs is 1. The molecule has 31 heavy (non-hydrogen) atoms. The van der Waals surface area contributed by atoms with Crippen molar-refractivity contribution in [3.63, 3.8) is 0 Å². The van der Waals surface area contributed by atoms with Crippen molar-refractivity contribution in [3.8, 4) is 11.3 Å². The minimum Gasteiger partial charge on any atom is -0.364 e. The molecule has 1 aliphatic carbocycles. The lowest BCUT2D eigenvalue weighted by molar-refractivity contribution is 0.0939. The van der Waals surface area contributed by atoms with Gasteiger partial charge in [0.2, 0.25) is 0 Å². The molecule has 0 saturated carbocycles. The molecule has 8 heteroatoms. The number of H-pyrrole nitrogens is 1. The summed E-state index contributed by atoms with van der Waals surface area (Å²) in [6.07, 6.45) is 8.50. The molecule has 3 aromatic heterocycles. The highest BCUT2D eigenvalue weighted by molar-refractivity contribution is 6.00. The van der Waals surface area contributed by atoms with Crippen LogP contribution in [0.25, 0.3) is 11.3 Å². The minimum absolute atomic E-state index is 0.00869. The maximum absolute atomic E-state index is 13.1. The first kappa shape index (κ1) is 20.7. The van der Waals surface area contributed by atoms with Crippen molar-refractivity contribution in [3.05, 3.63) is 70.2 Å². The summed E-state index contributed by atoms with van der Waals surface area (Å²) in [5, 5.41) is 6.38. The Balaban J connectivity index is 1.75. The van der Waals surface area contributed by atoms with E-state index >= 15 is 0 Å². The quantitative estimate of drug-likeness (QED) is 0.566. The van der Waals surface area contributed by atoms with Gasteiger partial charge in [-0.2, -0.15) is 0 Å². The van der Waals surface area contributed by atoms with E-state index in [0.29, 0.717) is 22.6 Å². The van der Waals surface area contributed by atoms with Gasteiger partial charge in [0.05, 0.1) is 22.9 Å². The molecule has 1 aliphatic rings. The number of nitrogens with zero attached hydrogens (tertiary/aromatic N) is 3. The van der Waals surface area contributed by atoms with Crippen LogP contribution in [0.5, 0.6) is 0 Å². The molecule has 8 nitrogen and oxygen atoms in total. The lowest BCUT2D eigenvalue weighted by Gasteiger charge is -2.26. The smallest absolute Gasteiger partial charge is 0.258 e. The molecule has 2 unspecified atom stereocenters. The van der Waals surface area contributed by atoms with Crippen molar-refractivity contribution in [2.75, 3.05) is 5.32 Å². The Morgan fingerprint density at radius 3 is 2.97 bits per heavy atom. The molecule has 3 heterocycles. The summed E-state index contributed by atoms with van der Waals surface area (Å²) in [5.74, 6) is 0.151. The highest BCUT2D eigenvalue weighted by Crippen LogP contribution is 2.31.